The van der Waals surface area contributed by atoms with Crippen molar-refractivity contribution in [2.75, 3.05) is 0 Å². The molecule has 4 unspecified atom stereocenters. The van der Waals surface area contributed by atoms with Crippen LogP contribution >= 0.6 is 0 Å². The van der Waals surface area contributed by atoms with Gasteiger partial charge in [-0.1, -0.05) is 19.8 Å². The summed E-state index contributed by atoms with van der Waals surface area (Å²) in [6, 6.07) is 0. The van der Waals surface area contributed by atoms with Crippen molar-refractivity contribution in [1.82, 2.24) is 0 Å². The maximum Gasteiger partial charge on any atom is 0.293 e. The van der Waals surface area contributed by atoms with Gasteiger partial charge in [-0.3, -0.25) is 4.79 Å². The Bertz CT molecular complexity index is 319. The van der Waals surface area contributed by atoms with E-state index >= 15 is 0 Å². The average molecular weight is 278 g/mol. The Hall–Kier alpha value is -0.530. The third-order valence-corrected chi connectivity index (χ3v) is 6.58. The summed E-state index contributed by atoms with van der Waals surface area (Å²) in [4.78, 5) is 10.5. The van der Waals surface area contributed by atoms with E-state index < -0.39 is 0 Å². The highest BCUT2D eigenvalue weighted by Gasteiger charge is 2.38. The summed E-state index contributed by atoms with van der Waals surface area (Å²) in [5.74, 6) is 4.77. The molecule has 3 saturated carbocycles. The Morgan fingerprint density at radius 1 is 0.750 bits per heavy atom. The van der Waals surface area contributed by atoms with Crippen molar-refractivity contribution in [3.8, 4) is 0 Å². The van der Waals surface area contributed by atoms with Gasteiger partial charge in [0.1, 0.15) is 6.10 Å². The van der Waals surface area contributed by atoms with E-state index in [1.54, 1.807) is 0 Å². The standard InChI is InChI=1S/C18H30O2/c1-13-2-4-14(5-3-13)15-6-7-17-11-18(20-12-19)9-8-16(17)10-15/h12-18H,2-11H2,1H3. The molecule has 0 saturated heterocycles. The van der Waals surface area contributed by atoms with Gasteiger partial charge in [-0.15, -0.1) is 0 Å². The predicted octanol–water partition coefficient (Wildman–Crippen LogP) is 4.57. The first kappa shape index (κ1) is 14.4. The Morgan fingerprint density at radius 3 is 2.00 bits per heavy atom. The molecule has 4 atom stereocenters. The van der Waals surface area contributed by atoms with Crippen LogP contribution in [0.2, 0.25) is 0 Å². The lowest BCUT2D eigenvalue weighted by atomic mass is 9.62. The number of hydrogen-bond donors (Lipinski definition) is 0. The van der Waals surface area contributed by atoms with Crippen molar-refractivity contribution in [3.05, 3.63) is 0 Å². The van der Waals surface area contributed by atoms with E-state index in [2.05, 4.69) is 6.92 Å². The minimum atomic E-state index is 0.223. The highest BCUT2D eigenvalue weighted by Crippen LogP contribution is 2.48. The Balaban J connectivity index is 1.51. The van der Waals surface area contributed by atoms with Crippen LogP contribution in [0.1, 0.15) is 71.1 Å². The SMILES string of the molecule is CC1CCC(C2CCC3CC(OC=O)CCC3C2)CC1. The van der Waals surface area contributed by atoms with Crippen molar-refractivity contribution >= 4 is 6.47 Å². The summed E-state index contributed by atoms with van der Waals surface area (Å²) in [7, 11) is 0. The largest absolute Gasteiger partial charge is 0.465 e. The minimum absolute atomic E-state index is 0.223. The first-order valence-electron chi connectivity index (χ1n) is 8.85. The van der Waals surface area contributed by atoms with Crippen LogP contribution in [0.25, 0.3) is 0 Å². The van der Waals surface area contributed by atoms with Crippen molar-refractivity contribution in [2.45, 2.75) is 77.2 Å². The third-order valence-electron chi connectivity index (χ3n) is 6.58. The molecule has 3 aliphatic rings. The van der Waals surface area contributed by atoms with E-state index in [0.717, 1.165) is 42.4 Å². The maximum atomic E-state index is 10.5. The molecule has 0 radical (unpaired) electrons. The number of hydrogen-bond acceptors (Lipinski definition) is 2. The van der Waals surface area contributed by atoms with Gasteiger partial charge in [0.2, 0.25) is 0 Å². The van der Waals surface area contributed by atoms with Gasteiger partial charge in [-0.05, 0) is 81.0 Å². The quantitative estimate of drug-likeness (QED) is 0.707. The molecule has 0 aromatic rings. The lowest BCUT2D eigenvalue weighted by Crippen LogP contribution is -2.36. The van der Waals surface area contributed by atoms with Crippen LogP contribution in [-0.4, -0.2) is 12.6 Å². The average Bonchev–Trinajstić information content (AvgIpc) is 2.48. The Labute approximate surface area is 123 Å². The second-order valence-electron chi connectivity index (χ2n) is 7.78. The van der Waals surface area contributed by atoms with Crippen LogP contribution in [0, 0.1) is 29.6 Å². The van der Waals surface area contributed by atoms with Gasteiger partial charge in [0.05, 0.1) is 0 Å². The second-order valence-corrected chi connectivity index (χ2v) is 7.78. The van der Waals surface area contributed by atoms with Crippen LogP contribution < -0.4 is 0 Å². The number of ether oxygens (including phenoxy) is 1. The summed E-state index contributed by atoms with van der Waals surface area (Å²) in [6.45, 7) is 3.07. The molecule has 0 aromatic carbocycles. The minimum Gasteiger partial charge on any atom is -0.465 e. The zero-order chi connectivity index (χ0) is 13.9. The zero-order valence-electron chi connectivity index (χ0n) is 12.9. The van der Waals surface area contributed by atoms with Crippen molar-refractivity contribution in [1.29, 1.82) is 0 Å². The third kappa shape index (κ3) is 3.20. The number of carbonyl (C=O) groups excluding carboxylic acids is 1. The second kappa shape index (κ2) is 6.49. The van der Waals surface area contributed by atoms with E-state index in [1.165, 1.54) is 51.4 Å². The first-order valence-corrected chi connectivity index (χ1v) is 8.85. The molecule has 3 aliphatic carbocycles. The molecule has 0 aromatic heterocycles. The molecule has 0 spiro atoms. The van der Waals surface area contributed by atoms with Crippen LogP contribution in [0.4, 0.5) is 0 Å². The van der Waals surface area contributed by atoms with Crippen LogP contribution in [0.3, 0.4) is 0 Å². The summed E-state index contributed by atoms with van der Waals surface area (Å²) in [5, 5.41) is 0. The van der Waals surface area contributed by atoms with Crippen LogP contribution in [-0.2, 0) is 9.53 Å². The molecule has 0 bridgehead atoms. The molecule has 0 N–H and O–H groups in total. The Kier molecular flexibility index (Phi) is 4.68. The lowest BCUT2D eigenvalue weighted by Gasteiger charge is -2.44. The summed E-state index contributed by atoms with van der Waals surface area (Å²) in [5.41, 5.74) is 0. The van der Waals surface area contributed by atoms with Gasteiger partial charge < -0.3 is 4.74 Å². The predicted molar refractivity (Wildman–Crippen MR) is 80.2 cm³/mol. The van der Waals surface area contributed by atoms with E-state index in [0.29, 0.717) is 6.47 Å². The molecule has 0 aliphatic heterocycles. The van der Waals surface area contributed by atoms with E-state index in [1.807, 2.05) is 0 Å². The van der Waals surface area contributed by atoms with Crippen LogP contribution in [0.15, 0.2) is 0 Å². The molecule has 20 heavy (non-hydrogen) atoms. The van der Waals surface area contributed by atoms with Crippen molar-refractivity contribution < 1.29 is 9.53 Å². The van der Waals surface area contributed by atoms with E-state index in [4.69, 9.17) is 4.74 Å². The normalized spacial score (nSPS) is 45.5. The lowest BCUT2D eigenvalue weighted by molar-refractivity contribution is -0.137. The molecule has 3 rings (SSSR count). The molecule has 0 amide bonds. The van der Waals surface area contributed by atoms with Gasteiger partial charge in [0.15, 0.2) is 0 Å². The van der Waals surface area contributed by atoms with Gasteiger partial charge in [0, 0.05) is 0 Å². The molecule has 0 heterocycles. The molecule has 2 heteroatoms. The molecule has 114 valence electrons. The summed E-state index contributed by atoms with van der Waals surface area (Å²) >= 11 is 0. The molecular formula is C18H30O2. The maximum absolute atomic E-state index is 10.5. The fourth-order valence-electron chi connectivity index (χ4n) is 5.27. The van der Waals surface area contributed by atoms with E-state index in [-0.39, 0.29) is 6.10 Å². The first-order chi connectivity index (χ1) is 9.76. The Morgan fingerprint density at radius 2 is 1.30 bits per heavy atom. The van der Waals surface area contributed by atoms with E-state index in [9.17, 15) is 4.79 Å². The monoisotopic (exact) mass is 278 g/mol. The zero-order valence-corrected chi connectivity index (χ0v) is 12.9. The van der Waals surface area contributed by atoms with Gasteiger partial charge in [-0.25, -0.2) is 0 Å². The highest BCUT2D eigenvalue weighted by molar-refractivity contribution is 5.37. The fourth-order valence-corrected chi connectivity index (χ4v) is 5.27. The van der Waals surface area contributed by atoms with Gasteiger partial charge in [0.25, 0.3) is 6.47 Å². The van der Waals surface area contributed by atoms with Crippen molar-refractivity contribution in [3.63, 3.8) is 0 Å². The number of rotatable bonds is 3. The molecule has 2 nitrogen and oxygen atoms in total. The molecular weight excluding hydrogens is 248 g/mol. The van der Waals surface area contributed by atoms with Gasteiger partial charge >= 0.3 is 0 Å². The number of fused-ring (bicyclic) bond motifs is 1. The van der Waals surface area contributed by atoms with Crippen molar-refractivity contribution in [2.24, 2.45) is 29.6 Å². The summed E-state index contributed by atoms with van der Waals surface area (Å²) < 4.78 is 5.21. The van der Waals surface area contributed by atoms with Gasteiger partial charge in [-0.2, -0.15) is 0 Å². The smallest absolute Gasteiger partial charge is 0.293 e. The highest BCUT2D eigenvalue weighted by atomic mass is 16.5. The topological polar surface area (TPSA) is 26.3 Å². The summed E-state index contributed by atoms with van der Waals surface area (Å²) in [6.07, 6.45) is 14.0. The van der Waals surface area contributed by atoms with Crippen LogP contribution in [0.5, 0.6) is 0 Å². The fraction of sp³-hybridized carbons (Fsp3) is 0.944. The number of carbonyl (C=O) groups is 1. The molecule has 3 fully saturated rings.